The van der Waals surface area contributed by atoms with E-state index in [0.717, 1.165) is 0 Å². The van der Waals surface area contributed by atoms with E-state index < -0.39 is 6.36 Å². The van der Waals surface area contributed by atoms with Crippen molar-refractivity contribution in [2.24, 2.45) is 16.5 Å². The topological polar surface area (TPSA) is 73.6 Å². The molecule has 94 valence electrons. The normalized spacial score (nSPS) is 11.1. The Morgan fingerprint density at radius 2 is 1.94 bits per heavy atom. The highest BCUT2D eigenvalue weighted by Crippen LogP contribution is 2.25. The summed E-state index contributed by atoms with van der Waals surface area (Å²) in [5.74, 6) is -0.400. The summed E-state index contributed by atoms with van der Waals surface area (Å²) < 4.78 is 39.9. The van der Waals surface area contributed by atoms with E-state index >= 15 is 0 Å². The number of nitrogens with two attached hydrogens (primary N) is 2. The molecule has 4 N–H and O–H groups in total. The summed E-state index contributed by atoms with van der Waals surface area (Å²) in [5.41, 5.74) is 11.4. The van der Waals surface area contributed by atoms with Gasteiger partial charge in [0, 0.05) is 0 Å². The largest absolute Gasteiger partial charge is 0.573 e. The van der Waals surface area contributed by atoms with Crippen LogP contribution in [0.1, 0.15) is 11.1 Å². The molecule has 0 unspecified atom stereocenters. The summed E-state index contributed by atoms with van der Waals surface area (Å²) in [5, 5.41) is 0. The highest BCUT2D eigenvalue weighted by Gasteiger charge is 2.31. The Labute approximate surface area is 96.1 Å². The minimum atomic E-state index is -4.71. The average molecular weight is 247 g/mol. The number of rotatable bonds is 3. The summed E-state index contributed by atoms with van der Waals surface area (Å²) in [6.45, 7) is 1.76. The van der Waals surface area contributed by atoms with Crippen LogP contribution in [0.25, 0.3) is 0 Å². The third kappa shape index (κ3) is 5.10. The Kier molecular flexibility index (Phi) is 3.82. The van der Waals surface area contributed by atoms with E-state index in [2.05, 4.69) is 9.73 Å². The van der Waals surface area contributed by atoms with Crippen LogP contribution >= 0.6 is 0 Å². The maximum Gasteiger partial charge on any atom is 0.573 e. The molecular weight excluding hydrogens is 235 g/mol. The fraction of sp³-hybridized carbons (Fsp3) is 0.300. The van der Waals surface area contributed by atoms with Crippen LogP contribution < -0.4 is 16.2 Å². The molecule has 0 saturated heterocycles. The molecule has 1 aromatic carbocycles. The minimum absolute atomic E-state index is 0.109. The van der Waals surface area contributed by atoms with Gasteiger partial charge in [0.2, 0.25) is 0 Å². The van der Waals surface area contributed by atoms with Crippen molar-refractivity contribution in [1.82, 2.24) is 0 Å². The van der Waals surface area contributed by atoms with Crippen LogP contribution in [-0.4, -0.2) is 12.3 Å². The highest BCUT2D eigenvalue weighted by molar-refractivity contribution is 5.75. The first-order valence-electron chi connectivity index (χ1n) is 4.68. The lowest BCUT2D eigenvalue weighted by Crippen LogP contribution is -2.22. The van der Waals surface area contributed by atoms with Crippen molar-refractivity contribution in [2.75, 3.05) is 0 Å². The predicted molar refractivity (Wildman–Crippen MR) is 57.4 cm³/mol. The lowest BCUT2D eigenvalue weighted by Gasteiger charge is -2.10. The first-order valence-corrected chi connectivity index (χ1v) is 4.68. The number of hydrogen-bond donors (Lipinski definition) is 2. The third-order valence-electron chi connectivity index (χ3n) is 1.79. The van der Waals surface area contributed by atoms with Gasteiger partial charge >= 0.3 is 6.36 Å². The first kappa shape index (κ1) is 13.1. The highest BCUT2D eigenvalue weighted by atomic mass is 19.4. The lowest BCUT2D eigenvalue weighted by molar-refractivity contribution is -0.274. The number of aliphatic imine (C=N–C) groups is 1. The Morgan fingerprint density at radius 3 is 2.47 bits per heavy atom. The van der Waals surface area contributed by atoms with E-state index in [0.29, 0.717) is 11.1 Å². The molecule has 1 aromatic rings. The maximum atomic E-state index is 12.0. The Bertz CT molecular complexity index is 425. The number of aryl methyl sites for hydroxylation is 1. The molecule has 0 aliphatic rings. The molecule has 4 nitrogen and oxygen atoms in total. The molecule has 0 spiro atoms. The van der Waals surface area contributed by atoms with Crippen LogP contribution in [-0.2, 0) is 6.54 Å². The first-order chi connectivity index (χ1) is 7.76. The molecule has 0 radical (unpaired) electrons. The summed E-state index contributed by atoms with van der Waals surface area (Å²) in [6, 6.07) is 4.20. The lowest BCUT2D eigenvalue weighted by atomic mass is 10.1. The standard InChI is InChI=1S/C10H12F3N3O/c1-6-2-7(5-16-9(14)15)4-8(3-6)17-10(11,12)13/h2-4H,5H2,1H3,(H4,14,15,16). The third-order valence-corrected chi connectivity index (χ3v) is 1.79. The molecule has 1 rings (SSSR count). The van der Waals surface area contributed by atoms with Crippen molar-refractivity contribution in [3.8, 4) is 5.75 Å². The molecular formula is C10H12F3N3O. The molecule has 7 heteroatoms. The second kappa shape index (κ2) is 4.94. The molecule has 0 bridgehead atoms. The minimum Gasteiger partial charge on any atom is -0.406 e. The molecule has 0 aromatic heterocycles. The predicted octanol–water partition coefficient (Wildman–Crippen LogP) is 1.67. The molecule has 0 saturated carbocycles. The van der Waals surface area contributed by atoms with E-state index in [1.807, 2.05) is 0 Å². The van der Waals surface area contributed by atoms with Crippen LogP contribution in [0.4, 0.5) is 13.2 Å². The van der Waals surface area contributed by atoms with Gasteiger partial charge in [-0.2, -0.15) is 0 Å². The summed E-state index contributed by atoms with van der Waals surface area (Å²) in [7, 11) is 0. The SMILES string of the molecule is Cc1cc(CN=C(N)N)cc(OC(F)(F)F)c1. The second-order valence-corrected chi connectivity index (χ2v) is 3.44. The van der Waals surface area contributed by atoms with Gasteiger partial charge in [0.1, 0.15) is 5.75 Å². The molecule has 0 atom stereocenters. The molecule has 0 aliphatic heterocycles. The number of guanidine groups is 1. The fourth-order valence-electron chi connectivity index (χ4n) is 1.29. The number of benzene rings is 1. The van der Waals surface area contributed by atoms with Gasteiger partial charge in [0.15, 0.2) is 5.96 Å². The zero-order valence-corrected chi connectivity index (χ0v) is 9.08. The van der Waals surface area contributed by atoms with Crippen LogP contribution in [0.3, 0.4) is 0 Å². The quantitative estimate of drug-likeness (QED) is 0.630. The molecule has 17 heavy (non-hydrogen) atoms. The Balaban J connectivity index is 2.90. The van der Waals surface area contributed by atoms with Crippen molar-refractivity contribution in [3.05, 3.63) is 29.3 Å². The second-order valence-electron chi connectivity index (χ2n) is 3.44. The summed E-state index contributed by atoms with van der Waals surface area (Å²) >= 11 is 0. The molecule has 0 amide bonds. The number of ether oxygens (including phenoxy) is 1. The van der Waals surface area contributed by atoms with E-state index in [1.54, 1.807) is 13.0 Å². The number of alkyl halides is 3. The Hall–Kier alpha value is -1.92. The van der Waals surface area contributed by atoms with Gasteiger partial charge in [0.25, 0.3) is 0 Å². The van der Waals surface area contributed by atoms with E-state index in [1.165, 1.54) is 12.1 Å². The van der Waals surface area contributed by atoms with Gasteiger partial charge < -0.3 is 16.2 Å². The van der Waals surface area contributed by atoms with Crippen molar-refractivity contribution in [3.63, 3.8) is 0 Å². The average Bonchev–Trinajstić information content (AvgIpc) is 2.10. The van der Waals surface area contributed by atoms with Gasteiger partial charge in [-0.25, -0.2) is 4.99 Å². The van der Waals surface area contributed by atoms with Crippen LogP contribution in [0.2, 0.25) is 0 Å². The fourth-order valence-corrected chi connectivity index (χ4v) is 1.29. The zero-order valence-electron chi connectivity index (χ0n) is 9.08. The van der Waals surface area contributed by atoms with E-state index in [9.17, 15) is 13.2 Å². The molecule has 0 fully saturated rings. The van der Waals surface area contributed by atoms with Gasteiger partial charge in [0.05, 0.1) is 6.54 Å². The number of hydrogen-bond acceptors (Lipinski definition) is 2. The van der Waals surface area contributed by atoms with Gasteiger partial charge in [-0.3, -0.25) is 0 Å². The van der Waals surface area contributed by atoms with Crippen molar-refractivity contribution < 1.29 is 17.9 Å². The van der Waals surface area contributed by atoms with Crippen LogP contribution in [0.15, 0.2) is 23.2 Å². The summed E-state index contributed by atoms with van der Waals surface area (Å²) in [6.07, 6.45) is -4.71. The zero-order chi connectivity index (χ0) is 13.1. The van der Waals surface area contributed by atoms with Gasteiger partial charge in [-0.1, -0.05) is 6.07 Å². The van der Waals surface area contributed by atoms with Gasteiger partial charge in [-0.15, -0.1) is 13.2 Å². The van der Waals surface area contributed by atoms with E-state index in [4.69, 9.17) is 11.5 Å². The van der Waals surface area contributed by atoms with Crippen molar-refractivity contribution in [2.45, 2.75) is 19.8 Å². The smallest absolute Gasteiger partial charge is 0.406 e. The number of nitrogens with zero attached hydrogens (tertiary/aromatic N) is 1. The van der Waals surface area contributed by atoms with Gasteiger partial charge in [-0.05, 0) is 30.2 Å². The number of halogens is 3. The Morgan fingerprint density at radius 1 is 1.29 bits per heavy atom. The van der Waals surface area contributed by atoms with Crippen molar-refractivity contribution >= 4 is 5.96 Å². The monoisotopic (exact) mass is 247 g/mol. The summed E-state index contributed by atoms with van der Waals surface area (Å²) in [4.78, 5) is 3.71. The van der Waals surface area contributed by atoms with E-state index in [-0.39, 0.29) is 18.3 Å². The molecule has 0 heterocycles. The van der Waals surface area contributed by atoms with Crippen LogP contribution in [0, 0.1) is 6.92 Å². The molecule has 0 aliphatic carbocycles. The maximum absolute atomic E-state index is 12.0. The van der Waals surface area contributed by atoms with Crippen LogP contribution in [0.5, 0.6) is 5.75 Å². The van der Waals surface area contributed by atoms with Crippen molar-refractivity contribution in [1.29, 1.82) is 0 Å².